The van der Waals surface area contributed by atoms with Gasteiger partial charge < -0.3 is 9.67 Å². The van der Waals surface area contributed by atoms with Crippen LogP contribution in [0.25, 0.3) is 11.0 Å². The molecule has 1 aliphatic rings. The molecule has 0 radical (unpaired) electrons. The molecular formula is C13H14N2O2. The highest BCUT2D eigenvalue weighted by atomic mass is 16.4. The molecule has 17 heavy (non-hydrogen) atoms. The summed E-state index contributed by atoms with van der Waals surface area (Å²) in [6.45, 7) is 3.21. The summed E-state index contributed by atoms with van der Waals surface area (Å²) in [4.78, 5) is 15.5. The lowest BCUT2D eigenvalue weighted by molar-refractivity contribution is 0.0697. The minimum absolute atomic E-state index is 0.306. The second kappa shape index (κ2) is 3.58. The van der Waals surface area contributed by atoms with Crippen LogP contribution in [0.4, 0.5) is 0 Å². The van der Waals surface area contributed by atoms with Crippen LogP contribution < -0.4 is 0 Å². The van der Waals surface area contributed by atoms with E-state index < -0.39 is 5.97 Å². The zero-order valence-electron chi connectivity index (χ0n) is 9.68. The molecule has 0 fully saturated rings. The first-order chi connectivity index (χ1) is 8.15. The van der Waals surface area contributed by atoms with E-state index >= 15 is 0 Å². The summed E-state index contributed by atoms with van der Waals surface area (Å²) in [7, 11) is 0. The molecule has 0 amide bonds. The smallest absolute Gasteiger partial charge is 0.335 e. The van der Waals surface area contributed by atoms with Crippen LogP contribution in [0.1, 0.15) is 29.5 Å². The van der Waals surface area contributed by atoms with E-state index in [0.29, 0.717) is 11.5 Å². The SMILES string of the molecule is C[C@@H]1CCn2c(nc3cc(C(=O)O)ccc32)C1. The number of rotatable bonds is 1. The first kappa shape index (κ1) is 10.3. The molecule has 0 aliphatic carbocycles. The van der Waals surface area contributed by atoms with Gasteiger partial charge in [0.2, 0.25) is 0 Å². The molecule has 2 heterocycles. The van der Waals surface area contributed by atoms with Crippen LogP contribution in [0.15, 0.2) is 18.2 Å². The van der Waals surface area contributed by atoms with Crippen molar-refractivity contribution in [2.45, 2.75) is 26.3 Å². The van der Waals surface area contributed by atoms with Gasteiger partial charge in [-0.05, 0) is 30.5 Å². The Hall–Kier alpha value is -1.84. The van der Waals surface area contributed by atoms with Crippen LogP contribution >= 0.6 is 0 Å². The molecule has 0 bridgehead atoms. The predicted octanol–water partition coefficient (Wildman–Crippen LogP) is 2.32. The number of nitrogens with zero attached hydrogens (tertiary/aromatic N) is 2. The maximum atomic E-state index is 10.9. The third-order valence-corrected chi connectivity index (χ3v) is 3.45. The number of carboxylic acids is 1. The van der Waals surface area contributed by atoms with E-state index in [1.807, 2.05) is 6.07 Å². The Bertz CT molecular complexity index is 601. The van der Waals surface area contributed by atoms with Crippen molar-refractivity contribution in [3.8, 4) is 0 Å². The molecular weight excluding hydrogens is 216 g/mol. The Kier molecular flexibility index (Phi) is 2.18. The molecule has 0 unspecified atom stereocenters. The Labute approximate surface area is 98.9 Å². The number of imidazole rings is 1. The third-order valence-electron chi connectivity index (χ3n) is 3.45. The molecule has 1 aromatic carbocycles. The minimum atomic E-state index is -0.897. The highest BCUT2D eigenvalue weighted by Gasteiger charge is 2.19. The van der Waals surface area contributed by atoms with Gasteiger partial charge >= 0.3 is 5.97 Å². The fourth-order valence-corrected chi connectivity index (χ4v) is 2.48. The second-order valence-electron chi connectivity index (χ2n) is 4.79. The first-order valence-corrected chi connectivity index (χ1v) is 5.87. The van der Waals surface area contributed by atoms with E-state index in [1.165, 1.54) is 6.42 Å². The lowest BCUT2D eigenvalue weighted by Crippen LogP contribution is -2.17. The molecule has 0 saturated carbocycles. The summed E-state index contributed by atoms with van der Waals surface area (Å²) in [5.41, 5.74) is 2.16. The van der Waals surface area contributed by atoms with Crippen molar-refractivity contribution < 1.29 is 9.90 Å². The van der Waals surface area contributed by atoms with Gasteiger partial charge in [-0.25, -0.2) is 9.78 Å². The first-order valence-electron chi connectivity index (χ1n) is 5.87. The number of fused-ring (bicyclic) bond motifs is 3. The molecule has 1 N–H and O–H groups in total. The highest BCUT2D eigenvalue weighted by molar-refractivity contribution is 5.92. The number of hydrogen-bond donors (Lipinski definition) is 1. The normalized spacial score (nSPS) is 19.2. The Morgan fingerprint density at radius 3 is 3.12 bits per heavy atom. The molecule has 1 atom stereocenters. The van der Waals surface area contributed by atoms with Gasteiger partial charge in [-0.2, -0.15) is 0 Å². The topological polar surface area (TPSA) is 55.1 Å². The van der Waals surface area contributed by atoms with Crippen molar-refractivity contribution in [3.05, 3.63) is 29.6 Å². The van der Waals surface area contributed by atoms with Crippen molar-refractivity contribution in [2.75, 3.05) is 0 Å². The van der Waals surface area contributed by atoms with Crippen molar-refractivity contribution in [1.29, 1.82) is 0 Å². The zero-order valence-corrected chi connectivity index (χ0v) is 9.68. The standard InChI is InChI=1S/C13H14N2O2/c1-8-4-5-15-11-3-2-9(13(16)17)7-10(11)14-12(15)6-8/h2-3,7-8H,4-6H2,1H3,(H,16,17)/t8-/m1/s1. The summed E-state index contributed by atoms with van der Waals surface area (Å²) in [6, 6.07) is 5.18. The van der Waals surface area contributed by atoms with Gasteiger partial charge in [0, 0.05) is 13.0 Å². The van der Waals surface area contributed by atoms with Gasteiger partial charge in [-0.15, -0.1) is 0 Å². The van der Waals surface area contributed by atoms with Gasteiger partial charge in [0.1, 0.15) is 5.82 Å². The van der Waals surface area contributed by atoms with E-state index in [9.17, 15) is 4.79 Å². The maximum absolute atomic E-state index is 10.9. The Balaban J connectivity index is 2.17. The van der Waals surface area contributed by atoms with Crippen LogP contribution in [0, 0.1) is 5.92 Å². The van der Waals surface area contributed by atoms with E-state index in [-0.39, 0.29) is 0 Å². The van der Waals surface area contributed by atoms with Crippen molar-refractivity contribution in [3.63, 3.8) is 0 Å². The third kappa shape index (κ3) is 1.60. The van der Waals surface area contributed by atoms with Crippen molar-refractivity contribution in [2.24, 2.45) is 5.92 Å². The molecule has 1 aliphatic heterocycles. The number of aromatic nitrogens is 2. The fourth-order valence-electron chi connectivity index (χ4n) is 2.48. The van der Waals surface area contributed by atoms with E-state index in [4.69, 9.17) is 5.11 Å². The number of aryl methyl sites for hydroxylation is 1. The predicted molar refractivity (Wildman–Crippen MR) is 64.2 cm³/mol. The Morgan fingerprint density at radius 1 is 1.53 bits per heavy atom. The number of carboxylic acid groups (broad SMARTS) is 1. The monoisotopic (exact) mass is 230 g/mol. The summed E-state index contributed by atoms with van der Waals surface area (Å²) in [6.07, 6.45) is 2.15. The number of benzene rings is 1. The van der Waals surface area contributed by atoms with Crippen molar-refractivity contribution >= 4 is 17.0 Å². The molecule has 3 rings (SSSR count). The molecule has 2 aromatic rings. The van der Waals surface area contributed by atoms with E-state index in [2.05, 4.69) is 16.5 Å². The average Bonchev–Trinajstić information content (AvgIpc) is 2.64. The number of aromatic carboxylic acids is 1. The summed E-state index contributed by atoms with van der Waals surface area (Å²) < 4.78 is 2.21. The molecule has 0 spiro atoms. The number of carbonyl (C=O) groups is 1. The van der Waals surface area contributed by atoms with Gasteiger partial charge in [-0.3, -0.25) is 0 Å². The number of hydrogen-bond acceptors (Lipinski definition) is 2. The molecule has 4 nitrogen and oxygen atoms in total. The summed E-state index contributed by atoms with van der Waals surface area (Å²) >= 11 is 0. The quantitative estimate of drug-likeness (QED) is 0.817. The van der Waals surface area contributed by atoms with E-state index in [1.54, 1.807) is 12.1 Å². The highest BCUT2D eigenvalue weighted by Crippen LogP contribution is 2.25. The molecule has 0 saturated heterocycles. The average molecular weight is 230 g/mol. The Morgan fingerprint density at radius 2 is 2.35 bits per heavy atom. The zero-order chi connectivity index (χ0) is 12.0. The summed E-state index contributed by atoms with van der Waals surface area (Å²) in [5.74, 6) is 0.853. The van der Waals surface area contributed by atoms with Gasteiger partial charge in [0.25, 0.3) is 0 Å². The van der Waals surface area contributed by atoms with Crippen LogP contribution in [0.3, 0.4) is 0 Å². The lowest BCUT2D eigenvalue weighted by atomic mass is 10.0. The second-order valence-corrected chi connectivity index (χ2v) is 4.79. The van der Waals surface area contributed by atoms with Crippen molar-refractivity contribution in [1.82, 2.24) is 9.55 Å². The van der Waals surface area contributed by atoms with Gasteiger partial charge in [0.05, 0.1) is 16.6 Å². The van der Waals surface area contributed by atoms with Crippen LogP contribution in [0.5, 0.6) is 0 Å². The van der Waals surface area contributed by atoms with Gasteiger partial charge in [-0.1, -0.05) is 6.92 Å². The molecule has 1 aromatic heterocycles. The van der Waals surface area contributed by atoms with Gasteiger partial charge in [0.15, 0.2) is 0 Å². The largest absolute Gasteiger partial charge is 0.478 e. The van der Waals surface area contributed by atoms with E-state index in [0.717, 1.165) is 29.8 Å². The fraction of sp³-hybridized carbons (Fsp3) is 0.385. The van der Waals surface area contributed by atoms with Crippen LogP contribution in [0.2, 0.25) is 0 Å². The summed E-state index contributed by atoms with van der Waals surface area (Å²) in [5, 5.41) is 8.95. The maximum Gasteiger partial charge on any atom is 0.335 e. The lowest BCUT2D eigenvalue weighted by Gasteiger charge is -2.19. The molecule has 4 heteroatoms. The molecule has 88 valence electrons. The van der Waals surface area contributed by atoms with Crippen LogP contribution in [-0.2, 0) is 13.0 Å². The van der Waals surface area contributed by atoms with Crippen LogP contribution in [-0.4, -0.2) is 20.6 Å². The minimum Gasteiger partial charge on any atom is -0.478 e.